The summed E-state index contributed by atoms with van der Waals surface area (Å²) in [6.07, 6.45) is 3.54. The van der Waals surface area contributed by atoms with Gasteiger partial charge in [0.25, 0.3) is 0 Å². The Kier molecular flexibility index (Phi) is 3.36. The molecule has 0 saturated heterocycles. The maximum atomic E-state index is 9.56. The Bertz CT molecular complexity index is 809. The summed E-state index contributed by atoms with van der Waals surface area (Å²) >= 11 is 0. The molecule has 3 heteroatoms. The smallest absolute Gasteiger partial charge is 0.110 e. The molecule has 0 atom stereocenters. The number of hydrogen-bond acceptors (Lipinski definition) is 3. The predicted octanol–water partition coefficient (Wildman–Crippen LogP) is 3.87. The second kappa shape index (κ2) is 5.48. The van der Waals surface area contributed by atoms with Crippen LogP contribution in [-0.4, -0.2) is 10.9 Å². The number of rotatable bonds is 1. The molecular weight excluding hydrogens is 260 g/mol. The van der Waals surface area contributed by atoms with E-state index in [1.807, 2.05) is 60.7 Å². The summed E-state index contributed by atoms with van der Waals surface area (Å²) in [5.41, 5.74) is 4.54. The highest BCUT2D eigenvalue weighted by atomic mass is 16.4. The van der Waals surface area contributed by atoms with Crippen LogP contribution in [0.2, 0.25) is 0 Å². The van der Waals surface area contributed by atoms with Crippen molar-refractivity contribution in [3.8, 4) is 6.07 Å². The third-order valence-corrected chi connectivity index (χ3v) is 3.45. The Hall–Kier alpha value is -3.12. The SMILES string of the molecule is N#CC(=C1C=CC(=NO)c2ccccc21)c1ccccc1. The Morgan fingerprint density at radius 1 is 0.905 bits per heavy atom. The van der Waals surface area contributed by atoms with Gasteiger partial charge in [-0.3, -0.25) is 0 Å². The zero-order valence-electron chi connectivity index (χ0n) is 11.2. The minimum atomic E-state index is 0.500. The van der Waals surface area contributed by atoms with Crippen molar-refractivity contribution in [2.45, 2.75) is 0 Å². The molecule has 0 spiro atoms. The molecule has 1 N–H and O–H groups in total. The predicted molar refractivity (Wildman–Crippen MR) is 82.8 cm³/mol. The number of hydrogen-bond donors (Lipinski definition) is 1. The van der Waals surface area contributed by atoms with Gasteiger partial charge in [-0.1, -0.05) is 65.8 Å². The van der Waals surface area contributed by atoms with Gasteiger partial charge in [0.1, 0.15) is 11.8 Å². The van der Waals surface area contributed by atoms with Crippen LogP contribution >= 0.6 is 0 Å². The molecular formula is C18H12N2O. The molecule has 21 heavy (non-hydrogen) atoms. The summed E-state index contributed by atoms with van der Waals surface area (Å²) in [7, 11) is 0. The summed E-state index contributed by atoms with van der Waals surface area (Å²) in [6.45, 7) is 0. The molecule has 3 nitrogen and oxygen atoms in total. The number of fused-ring (bicyclic) bond motifs is 1. The number of nitrogens with zero attached hydrogens (tertiary/aromatic N) is 2. The summed E-state index contributed by atoms with van der Waals surface area (Å²) < 4.78 is 0. The summed E-state index contributed by atoms with van der Waals surface area (Å²) in [6, 6.07) is 19.5. The molecule has 100 valence electrons. The van der Waals surface area contributed by atoms with E-state index < -0.39 is 0 Å². The minimum absolute atomic E-state index is 0.500. The van der Waals surface area contributed by atoms with E-state index >= 15 is 0 Å². The fourth-order valence-electron chi connectivity index (χ4n) is 2.47. The van der Waals surface area contributed by atoms with Gasteiger partial charge in [0, 0.05) is 11.1 Å². The van der Waals surface area contributed by atoms with Crippen LogP contribution in [0.4, 0.5) is 0 Å². The maximum Gasteiger partial charge on any atom is 0.110 e. The van der Waals surface area contributed by atoms with Crippen LogP contribution in [-0.2, 0) is 0 Å². The summed E-state index contributed by atoms with van der Waals surface area (Å²) in [5.74, 6) is 0. The van der Waals surface area contributed by atoms with Crippen molar-refractivity contribution in [1.29, 1.82) is 5.26 Å². The topological polar surface area (TPSA) is 56.4 Å². The molecule has 1 aliphatic rings. The molecule has 0 aromatic heterocycles. The van der Waals surface area contributed by atoms with Crippen LogP contribution in [0, 0.1) is 11.3 Å². The third kappa shape index (κ3) is 2.24. The van der Waals surface area contributed by atoms with Gasteiger partial charge < -0.3 is 5.21 Å². The standard InChI is InChI=1S/C18H12N2O/c19-12-17(13-6-2-1-3-7-13)15-10-11-18(20-21)16-9-5-4-8-14(15)16/h1-11,21H. The average Bonchev–Trinajstić information content (AvgIpc) is 2.56. The molecule has 0 heterocycles. The van der Waals surface area contributed by atoms with Crippen molar-refractivity contribution < 1.29 is 5.21 Å². The lowest BCUT2D eigenvalue weighted by Crippen LogP contribution is -2.07. The first-order valence-corrected chi connectivity index (χ1v) is 6.55. The molecule has 0 radical (unpaired) electrons. The normalized spacial score (nSPS) is 17.2. The second-order valence-corrected chi connectivity index (χ2v) is 4.63. The summed E-state index contributed by atoms with van der Waals surface area (Å²) in [5, 5.41) is 22.0. The van der Waals surface area contributed by atoms with Gasteiger partial charge in [0.15, 0.2) is 0 Å². The largest absolute Gasteiger partial charge is 0.410 e. The third-order valence-electron chi connectivity index (χ3n) is 3.45. The van der Waals surface area contributed by atoms with E-state index in [9.17, 15) is 5.26 Å². The highest BCUT2D eigenvalue weighted by molar-refractivity contribution is 6.18. The van der Waals surface area contributed by atoms with Crippen molar-refractivity contribution >= 4 is 16.9 Å². The first kappa shape index (κ1) is 12.9. The van der Waals surface area contributed by atoms with Gasteiger partial charge in [-0.15, -0.1) is 0 Å². The highest BCUT2D eigenvalue weighted by Gasteiger charge is 2.18. The van der Waals surface area contributed by atoms with Crippen LogP contribution in [0.15, 0.2) is 71.9 Å². The molecule has 0 amide bonds. The quantitative estimate of drug-likeness (QED) is 0.486. The fraction of sp³-hybridized carbons (Fsp3) is 0. The lowest BCUT2D eigenvalue weighted by molar-refractivity contribution is 0.320. The van der Waals surface area contributed by atoms with Crippen molar-refractivity contribution in [2.24, 2.45) is 5.16 Å². The number of benzene rings is 2. The van der Waals surface area contributed by atoms with E-state index in [0.29, 0.717) is 11.3 Å². The van der Waals surface area contributed by atoms with Crippen LogP contribution in [0.3, 0.4) is 0 Å². The molecule has 0 saturated carbocycles. The number of nitriles is 1. The van der Waals surface area contributed by atoms with Crippen LogP contribution in [0.25, 0.3) is 11.1 Å². The van der Waals surface area contributed by atoms with Crippen LogP contribution < -0.4 is 0 Å². The monoisotopic (exact) mass is 272 g/mol. The minimum Gasteiger partial charge on any atom is -0.410 e. The molecule has 2 aromatic carbocycles. The second-order valence-electron chi connectivity index (χ2n) is 4.63. The zero-order valence-corrected chi connectivity index (χ0v) is 11.2. The Labute approximate surface area is 122 Å². The Balaban J connectivity index is 2.28. The van der Waals surface area contributed by atoms with Crippen molar-refractivity contribution in [3.63, 3.8) is 0 Å². The Morgan fingerprint density at radius 2 is 1.57 bits per heavy atom. The lowest BCUT2D eigenvalue weighted by atomic mass is 9.87. The van der Waals surface area contributed by atoms with Crippen LogP contribution in [0.5, 0.6) is 0 Å². The van der Waals surface area contributed by atoms with Gasteiger partial charge in [0.05, 0.1) is 5.57 Å². The van der Waals surface area contributed by atoms with E-state index in [-0.39, 0.29) is 0 Å². The molecule has 0 fully saturated rings. The van der Waals surface area contributed by atoms with E-state index in [2.05, 4.69) is 11.2 Å². The van der Waals surface area contributed by atoms with Gasteiger partial charge in [0.2, 0.25) is 0 Å². The maximum absolute atomic E-state index is 9.56. The van der Waals surface area contributed by atoms with E-state index in [1.165, 1.54) is 0 Å². The average molecular weight is 272 g/mol. The Morgan fingerprint density at radius 3 is 2.24 bits per heavy atom. The van der Waals surface area contributed by atoms with Gasteiger partial charge in [-0.2, -0.15) is 5.26 Å². The first-order valence-electron chi connectivity index (χ1n) is 6.55. The van der Waals surface area contributed by atoms with E-state index in [4.69, 9.17) is 5.21 Å². The van der Waals surface area contributed by atoms with Gasteiger partial charge in [-0.05, 0) is 17.2 Å². The molecule has 3 rings (SSSR count). The molecule has 0 unspecified atom stereocenters. The zero-order chi connectivity index (χ0) is 14.7. The van der Waals surface area contributed by atoms with Crippen molar-refractivity contribution in [1.82, 2.24) is 0 Å². The van der Waals surface area contributed by atoms with E-state index in [1.54, 1.807) is 6.08 Å². The van der Waals surface area contributed by atoms with Crippen LogP contribution in [0.1, 0.15) is 16.7 Å². The molecule has 0 aliphatic heterocycles. The first-order chi connectivity index (χ1) is 10.3. The van der Waals surface area contributed by atoms with E-state index in [0.717, 1.165) is 22.3 Å². The molecule has 0 bridgehead atoms. The molecule has 1 aliphatic carbocycles. The van der Waals surface area contributed by atoms with Gasteiger partial charge in [-0.25, -0.2) is 0 Å². The summed E-state index contributed by atoms with van der Waals surface area (Å²) in [4.78, 5) is 0. The van der Waals surface area contributed by atoms with Crippen molar-refractivity contribution in [2.75, 3.05) is 0 Å². The number of oxime groups is 1. The lowest BCUT2D eigenvalue weighted by Gasteiger charge is -2.16. The van der Waals surface area contributed by atoms with Crippen molar-refractivity contribution in [3.05, 3.63) is 83.4 Å². The number of allylic oxidation sites excluding steroid dienone is 4. The molecule has 2 aromatic rings. The fourth-order valence-corrected chi connectivity index (χ4v) is 2.47. The highest BCUT2D eigenvalue weighted by Crippen LogP contribution is 2.32. The van der Waals surface area contributed by atoms with Gasteiger partial charge >= 0.3 is 0 Å².